The van der Waals surface area contributed by atoms with Crippen molar-refractivity contribution in [2.45, 2.75) is 25.4 Å². The first-order valence-electron chi connectivity index (χ1n) is 7.15. The lowest BCUT2D eigenvalue weighted by molar-refractivity contribution is 0.200. The molecule has 112 valence electrons. The van der Waals surface area contributed by atoms with E-state index in [0.717, 1.165) is 24.2 Å². The van der Waals surface area contributed by atoms with Crippen molar-refractivity contribution in [2.75, 3.05) is 7.05 Å². The average Bonchev–Trinajstić information content (AvgIpc) is 3.02. The second kappa shape index (κ2) is 5.89. The van der Waals surface area contributed by atoms with Crippen molar-refractivity contribution in [3.63, 3.8) is 0 Å². The second-order valence-electron chi connectivity index (χ2n) is 5.65. The van der Waals surface area contributed by atoms with Crippen molar-refractivity contribution < 1.29 is 4.79 Å². The number of carbonyl (C=O) groups excluding carboxylic acids is 1. The van der Waals surface area contributed by atoms with Crippen LogP contribution < -0.4 is 5.32 Å². The monoisotopic (exact) mass is 304 g/mol. The first-order chi connectivity index (χ1) is 10.1. The van der Waals surface area contributed by atoms with Crippen LogP contribution in [0.15, 0.2) is 29.2 Å². The van der Waals surface area contributed by atoms with E-state index in [4.69, 9.17) is 0 Å². The summed E-state index contributed by atoms with van der Waals surface area (Å²) in [6.45, 7) is 0.632. The maximum Gasteiger partial charge on any atom is 0.318 e. The van der Waals surface area contributed by atoms with E-state index in [1.54, 1.807) is 22.4 Å². The summed E-state index contributed by atoms with van der Waals surface area (Å²) >= 11 is 1.65. The molecule has 0 bridgehead atoms. The highest BCUT2D eigenvalue weighted by Gasteiger charge is 2.36. The van der Waals surface area contributed by atoms with Gasteiger partial charge in [0.1, 0.15) is 5.82 Å². The first kappa shape index (κ1) is 14.1. The first-order valence-corrected chi connectivity index (χ1v) is 8.09. The molecule has 6 heteroatoms. The van der Waals surface area contributed by atoms with Gasteiger partial charge in [0.2, 0.25) is 0 Å². The number of imidazole rings is 1. The van der Waals surface area contributed by atoms with Gasteiger partial charge in [0.25, 0.3) is 0 Å². The van der Waals surface area contributed by atoms with E-state index in [2.05, 4.69) is 15.7 Å². The van der Waals surface area contributed by atoms with E-state index < -0.39 is 0 Å². The summed E-state index contributed by atoms with van der Waals surface area (Å²) in [6.07, 6.45) is 6.02. The minimum atomic E-state index is -0.0406. The summed E-state index contributed by atoms with van der Waals surface area (Å²) < 4.78 is 1.99. The molecule has 0 spiro atoms. The van der Waals surface area contributed by atoms with Crippen LogP contribution in [0.25, 0.3) is 0 Å². The Morgan fingerprint density at radius 1 is 1.62 bits per heavy atom. The normalized spacial score (nSPS) is 15.7. The van der Waals surface area contributed by atoms with Crippen LogP contribution in [-0.2, 0) is 13.6 Å². The molecule has 1 saturated carbocycles. The number of carbonyl (C=O) groups is 1. The van der Waals surface area contributed by atoms with E-state index in [9.17, 15) is 4.79 Å². The van der Waals surface area contributed by atoms with Gasteiger partial charge in [-0.3, -0.25) is 0 Å². The predicted octanol–water partition coefficient (Wildman–Crippen LogP) is 2.77. The molecule has 0 aliphatic heterocycles. The fourth-order valence-corrected chi connectivity index (χ4v) is 3.13. The summed E-state index contributed by atoms with van der Waals surface area (Å²) in [5.74, 6) is 1.46. The van der Waals surface area contributed by atoms with Crippen LogP contribution in [0, 0.1) is 5.92 Å². The molecule has 1 unspecified atom stereocenters. The number of hydrogen-bond acceptors (Lipinski definition) is 3. The molecule has 0 saturated heterocycles. The number of aromatic nitrogens is 2. The van der Waals surface area contributed by atoms with Crippen LogP contribution in [0.2, 0.25) is 0 Å². The van der Waals surface area contributed by atoms with Crippen LogP contribution in [-0.4, -0.2) is 27.5 Å². The summed E-state index contributed by atoms with van der Waals surface area (Å²) in [6, 6.07) is 2.02. The highest BCUT2D eigenvalue weighted by Crippen LogP contribution is 2.40. The van der Waals surface area contributed by atoms with Crippen molar-refractivity contribution in [2.24, 2.45) is 13.0 Å². The standard InChI is InChI=1S/C15H20N4OS/c1-18-7-6-16-14(18)13(12-3-4-12)17-15(20)19(2)9-11-5-8-21-10-11/h5-8,10,12-13H,3-4,9H2,1-2H3,(H,17,20). The van der Waals surface area contributed by atoms with Crippen LogP contribution in [0.3, 0.4) is 0 Å². The van der Waals surface area contributed by atoms with E-state index in [1.807, 2.05) is 36.3 Å². The molecule has 1 N–H and O–H groups in total. The Labute approximate surface area is 128 Å². The minimum Gasteiger partial charge on any atom is -0.336 e. The maximum absolute atomic E-state index is 12.4. The van der Waals surface area contributed by atoms with Crippen molar-refractivity contribution in [1.82, 2.24) is 19.8 Å². The SMILES string of the molecule is CN(Cc1ccsc1)C(=O)NC(c1nccn1C)C1CC1. The number of hydrogen-bond donors (Lipinski definition) is 1. The highest BCUT2D eigenvalue weighted by molar-refractivity contribution is 7.07. The topological polar surface area (TPSA) is 50.2 Å². The van der Waals surface area contributed by atoms with Crippen LogP contribution >= 0.6 is 11.3 Å². The number of thiophene rings is 1. The molecule has 3 rings (SSSR count). The highest BCUT2D eigenvalue weighted by atomic mass is 32.1. The molecule has 5 nitrogen and oxygen atoms in total. The third-order valence-corrected chi connectivity index (χ3v) is 4.59. The number of nitrogens with zero attached hydrogens (tertiary/aromatic N) is 3. The van der Waals surface area contributed by atoms with Crippen molar-refractivity contribution in [1.29, 1.82) is 0 Å². The molecule has 21 heavy (non-hydrogen) atoms. The molecule has 2 aromatic rings. The Balaban J connectivity index is 1.65. The lowest BCUT2D eigenvalue weighted by Crippen LogP contribution is -2.40. The molecule has 1 fully saturated rings. The fraction of sp³-hybridized carbons (Fsp3) is 0.467. The molecular weight excluding hydrogens is 284 g/mol. The van der Waals surface area contributed by atoms with Gasteiger partial charge in [-0.25, -0.2) is 9.78 Å². The van der Waals surface area contributed by atoms with Crippen LogP contribution in [0.4, 0.5) is 4.79 Å². The van der Waals surface area contributed by atoms with Gasteiger partial charge < -0.3 is 14.8 Å². The zero-order chi connectivity index (χ0) is 14.8. The third-order valence-electron chi connectivity index (χ3n) is 3.86. The van der Waals surface area contributed by atoms with Gasteiger partial charge in [0.15, 0.2) is 0 Å². The number of nitrogens with one attached hydrogen (secondary N) is 1. The molecule has 0 aromatic carbocycles. The van der Waals surface area contributed by atoms with Crippen molar-refractivity contribution in [3.8, 4) is 0 Å². The Bertz CT molecular complexity index is 603. The van der Waals surface area contributed by atoms with Gasteiger partial charge in [0.05, 0.1) is 6.04 Å². The number of urea groups is 1. The Morgan fingerprint density at radius 3 is 3.00 bits per heavy atom. The average molecular weight is 304 g/mol. The smallest absolute Gasteiger partial charge is 0.318 e. The van der Waals surface area contributed by atoms with Gasteiger partial charge in [-0.2, -0.15) is 11.3 Å². The largest absolute Gasteiger partial charge is 0.336 e. The van der Waals surface area contributed by atoms with Gasteiger partial charge in [-0.05, 0) is 41.1 Å². The zero-order valence-electron chi connectivity index (χ0n) is 12.3. The van der Waals surface area contributed by atoms with Crippen molar-refractivity contribution in [3.05, 3.63) is 40.6 Å². The van der Waals surface area contributed by atoms with Crippen LogP contribution in [0.1, 0.15) is 30.3 Å². The molecule has 2 heterocycles. The minimum absolute atomic E-state index is 0.0161. The summed E-state index contributed by atoms with van der Waals surface area (Å²) in [5.41, 5.74) is 1.16. The Morgan fingerprint density at radius 2 is 2.43 bits per heavy atom. The third kappa shape index (κ3) is 3.26. The van der Waals surface area contributed by atoms with Gasteiger partial charge >= 0.3 is 6.03 Å². The number of rotatable bonds is 5. The van der Waals surface area contributed by atoms with E-state index in [1.165, 1.54) is 0 Å². The van der Waals surface area contributed by atoms with Gasteiger partial charge in [-0.1, -0.05) is 0 Å². The molecule has 0 radical (unpaired) electrons. The second-order valence-corrected chi connectivity index (χ2v) is 6.43. The van der Waals surface area contributed by atoms with Crippen LogP contribution in [0.5, 0.6) is 0 Å². The number of amides is 2. The molecular formula is C15H20N4OS. The molecule has 1 atom stereocenters. The predicted molar refractivity (Wildman–Crippen MR) is 83.0 cm³/mol. The van der Waals surface area contributed by atoms with E-state index in [-0.39, 0.29) is 12.1 Å². The quantitative estimate of drug-likeness (QED) is 0.923. The van der Waals surface area contributed by atoms with E-state index in [0.29, 0.717) is 12.5 Å². The van der Waals surface area contributed by atoms with Gasteiger partial charge in [-0.15, -0.1) is 0 Å². The summed E-state index contributed by atoms with van der Waals surface area (Å²) in [7, 11) is 3.80. The maximum atomic E-state index is 12.4. The molecule has 2 amide bonds. The van der Waals surface area contributed by atoms with Gasteiger partial charge in [0, 0.05) is 33.0 Å². The Kier molecular flexibility index (Phi) is 3.96. The van der Waals surface area contributed by atoms with E-state index >= 15 is 0 Å². The fourth-order valence-electron chi connectivity index (χ4n) is 2.47. The summed E-state index contributed by atoms with van der Waals surface area (Å²) in [4.78, 5) is 18.5. The summed E-state index contributed by atoms with van der Waals surface area (Å²) in [5, 5.41) is 7.24. The van der Waals surface area contributed by atoms with Crippen molar-refractivity contribution >= 4 is 17.4 Å². The number of aryl methyl sites for hydroxylation is 1. The zero-order valence-corrected chi connectivity index (χ0v) is 13.1. The Hall–Kier alpha value is -1.82. The molecule has 2 aromatic heterocycles. The lowest BCUT2D eigenvalue weighted by Gasteiger charge is -2.23. The lowest BCUT2D eigenvalue weighted by atomic mass is 10.1. The molecule has 1 aliphatic carbocycles. The molecule has 1 aliphatic rings.